The summed E-state index contributed by atoms with van der Waals surface area (Å²) in [6, 6.07) is 9.37. The predicted octanol–water partition coefficient (Wildman–Crippen LogP) is 4.20. The third-order valence-electron chi connectivity index (χ3n) is 4.72. The van der Waals surface area contributed by atoms with Gasteiger partial charge in [-0.1, -0.05) is 6.07 Å². The van der Waals surface area contributed by atoms with Crippen molar-refractivity contribution in [3.8, 4) is 5.75 Å². The van der Waals surface area contributed by atoms with Crippen molar-refractivity contribution >= 4 is 33.4 Å². The van der Waals surface area contributed by atoms with E-state index >= 15 is 0 Å². The zero-order chi connectivity index (χ0) is 20.1. The first-order chi connectivity index (χ1) is 13.2. The Bertz CT molecular complexity index is 1080. The van der Waals surface area contributed by atoms with Crippen molar-refractivity contribution in [2.45, 2.75) is 12.8 Å². The second-order valence-corrected chi connectivity index (χ2v) is 7.00. The van der Waals surface area contributed by atoms with Gasteiger partial charge in [-0.05, 0) is 57.4 Å². The maximum absolute atomic E-state index is 13.2. The Hall–Kier alpha value is -2.87. The highest BCUT2D eigenvalue weighted by molar-refractivity contribution is 6.30. The Kier molecular flexibility index (Phi) is 4.38. The van der Waals surface area contributed by atoms with Gasteiger partial charge < -0.3 is 14.5 Å². The van der Waals surface area contributed by atoms with Crippen LogP contribution in [0.25, 0.3) is 21.8 Å². The highest BCUT2D eigenvalue weighted by Crippen LogP contribution is 2.41. The minimum Gasteiger partial charge on any atom is -0.406 e. The molecular weight excluding hydrogens is 371 g/mol. The number of rotatable bonds is 5. The first kappa shape index (κ1) is 18.5. The van der Waals surface area contributed by atoms with Crippen LogP contribution in [-0.4, -0.2) is 49.3 Å². The van der Waals surface area contributed by atoms with Gasteiger partial charge >= 0.3 is 6.36 Å². The van der Waals surface area contributed by atoms with Crippen LogP contribution < -0.4 is 9.64 Å². The first-order valence-electron chi connectivity index (χ1n) is 8.83. The molecule has 0 saturated carbocycles. The number of aromatic nitrogens is 1. The van der Waals surface area contributed by atoms with E-state index in [-0.39, 0.29) is 11.7 Å². The number of nitrogens with zero attached hydrogens (tertiary/aromatic N) is 3. The Morgan fingerprint density at radius 1 is 1.14 bits per heavy atom. The largest absolute Gasteiger partial charge is 0.573 e. The normalized spacial score (nSPS) is 13.9. The molecule has 0 radical (unpaired) electrons. The average molecular weight is 389 g/mol. The lowest BCUT2D eigenvalue weighted by molar-refractivity contribution is -0.274. The number of hydrogen-bond acceptors (Lipinski definition) is 4. The molecule has 1 amide bonds. The number of carbonyl (C=O) groups excluding carboxylic acids is 1. The first-order valence-corrected chi connectivity index (χ1v) is 8.83. The van der Waals surface area contributed by atoms with Crippen LogP contribution in [0.2, 0.25) is 0 Å². The lowest BCUT2D eigenvalue weighted by Gasteiger charge is -2.19. The van der Waals surface area contributed by atoms with E-state index in [1.165, 1.54) is 18.2 Å². The van der Waals surface area contributed by atoms with Crippen molar-refractivity contribution in [1.82, 2.24) is 9.88 Å². The summed E-state index contributed by atoms with van der Waals surface area (Å²) in [6.45, 7) is 1.34. The van der Waals surface area contributed by atoms with Gasteiger partial charge in [-0.2, -0.15) is 0 Å². The van der Waals surface area contributed by atoms with Crippen LogP contribution in [-0.2, 0) is 0 Å². The highest BCUT2D eigenvalue weighted by Gasteiger charge is 2.34. The third kappa shape index (κ3) is 3.24. The molecular formula is C20H18F3N3O2. The van der Waals surface area contributed by atoms with Crippen molar-refractivity contribution < 1.29 is 22.7 Å². The van der Waals surface area contributed by atoms with E-state index in [2.05, 4.69) is 9.72 Å². The molecule has 2 heterocycles. The molecule has 4 rings (SSSR count). The van der Waals surface area contributed by atoms with Gasteiger partial charge in [-0.3, -0.25) is 4.79 Å². The topological polar surface area (TPSA) is 45.7 Å². The van der Waals surface area contributed by atoms with Crippen LogP contribution in [0.4, 0.5) is 18.9 Å². The second-order valence-electron chi connectivity index (χ2n) is 7.00. The molecule has 0 unspecified atom stereocenters. The van der Waals surface area contributed by atoms with Crippen molar-refractivity contribution in [2.24, 2.45) is 0 Å². The zero-order valence-corrected chi connectivity index (χ0v) is 15.4. The minimum atomic E-state index is -4.80. The number of ether oxygens (including phenoxy) is 1. The fourth-order valence-corrected chi connectivity index (χ4v) is 3.61. The number of carbonyl (C=O) groups is 1. The number of hydrogen-bond donors (Lipinski definition) is 0. The molecule has 0 N–H and O–H groups in total. The summed E-state index contributed by atoms with van der Waals surface area (Å²) in [6.07, 6.45) is -4.03. The van der Waals surface area contributed by atoms with Crippen LogP contribution in [0, 0.1) is 0 Å². The van der Waals surface area contributed by atoms with Gasteiger partial charge in [0.1, 0.15) is 5.75 Å². The summed E-state index contributed by atoms with van der Waals surface area (Å²) in [4.78, 5) is 21.4. The maximum atomic E-state index is 13.2. The number of fused-ring (bicyclic) bond motifs is 2. The minimum absolute atomic E-state index is 0.221. The van der Waals surface area contributed by atoms with Gasteiger partial charge in [0.05, 0.1) is 22.3 Å². The fraction of sp³-hybridized carbons (Fsp3) is 0.300. The quantitative estimate of drug-likeness (QED) is 0.614. The third-order valence-corrected chi connectivity index (χ3v) is 4.72. The average Bonchev–Trinajstić information content (AvgIpc) is 2.88. The maximum Gasteiger partial charge on any atom is 0.573 e. The SMILES string of the molecule is CN(C)CCCN1C(=O)c2c3cc(OC(F)(F)F)ccc3nc3cccc1c23. The smallest absolute Gasteiger partial charge is 0.406 e. The summed E-state index contributed by atoms with van der Waals surface area (Å²) in [7, 11) is 3.92. The molecule has 1 aliphatic rings. The Balaban J connectivity index is 1.83. The van der Waals surface area contributed by atoms with Crippen LogP contribution >= 0.6 is 0 Å². The molecule has 1 aliphatic heterocycles. The van der Waals surface area contributed by atoms with E-state index in [0.29, 0.717) is 33.9 Å². The summed E-state index contributed by atoms with van der Waals surface area (Å²) in [5.41, 5.74) is 2.23. The van der Waals surface area contributed by atoms with Crippen molar-refractivity contribution in [3.05, 3.63) is 42.0 Å². The Labute approximate surface area is 159 Å². The number of amides is 1. The van der Waals surface area contributed by atoms with Gasteiger partial charge in [0.2, 0.25) is 0 Å². The molecule has 146 valence electrons. The number of alkyl halides is 3. The number of anilines is 1. The number of halogens is 3. The van der Waals surface area contributed by atoms with E-state index in [4.69, 9.17) is 0 Å². The van der Waals surface area contributed by atoms with Gasteiger partial charge in [-0.25, -0.2) is 4.98 Å². The standard InChI is InChI=1S/C20H18F3N3O2/c1-25(2)9-4-10-26-16-6-3-5-15-18(16)17(19(26)27)13-11-12(28-20(21,22)23)7-8-14(13)24-15/h3,5-8,11H,4,9-10H2,1-2H3. The number of pyridine rings is 1. The molecule has 0 bridgehead atoms. The molecule has 2 aromatic carbocycles. The van der Waals surface area contributed by atoms with Gasteiger partial charge in [0.15, 0.2) is 0 Å². The molecule has 0 atom stereocenters. The van der Waals surface area contributed by atoms with Crippen LogP contribution in [0.3, 0.4) is 0 Å². The summed E-state index contributed by atoms with van der Waals surface area (Å²) in [5.74, 6) is -0.588. The number of benzene rings is 2. The van der Waals surface area contributed by atoms with E-state index < -0.39 is 6.36 Å². The Morgan fingerprint density at radius 2 is 1.93 bits per heavy atom. The van der Waals surface area contributed by atoms with Gasteiger partial charge in [0.25, 0.3) is 5.91 Å². The lowest BCUT2D eigenvalue weighted by Crippen LogP contribution is -2.30. The summed E-state index contributed by atoms with van der Waals surface area (Å²) in [5, 5.41) is 1.04. The Morgan fingerprint density at radius 3 is 2.64 bits per heavy atom. The van der Waals surface area contributed by atoms with E-state index in [1.807, 2.05) is 31.1 Å². The van der Waals surface area contributed by atoms with E-state index in [1.54, 1.807) is 11.0 Å². The molecule has 8 heteroatoms. The van der Waals surface area contributed by atoms with E-state index in [0.717, 1.165) is 18.7 Å². The molecule has 0 aliphatic carbocycles. The molecule has 1 aromatic heterocycles. The monoisotopic (exact) mass is 389 g/mol. The van der Waals surface area contributed by atoms with E-state index in [9.17, 15) is 18.0 Å². The zero-order valence-electron chi connectivity index (χ0n) is 15.4. The molecule has 0 spiro atoms. The van der Waals surface area contributed by atoms with Crippen molar-refractivity contribution in [1.29, 1.82) is 0 Å². The van der Waals surface area contributed by atoms with Gasteiger partial charge in [-0.15, -0.1) is 13.2 Å². The molecule has 28 heavy (non-hydrogen) atoms. The van der Waals surface area contributed by atoms with Gasteiger partial charge in [0, 0.05) is 17.3 Å². The fourth-order valence-electron chi connectivity index (χ4n) is 3.61. The molecule has 5 nitrogen and oxygen atoms in total. The van der Waals surface area contributed by atoms with Crippen LogP contribution in [0.1, 0.15) is 16.8 Å². The second kappa shape index (κ2) is 6.63. The predicted molar refractivity (Wildman–Crippen MR) is 101 cm³/mol. The van der Waals surface area contributed by atoms with Crippen LogP contribution in [0.5, 0.6) is 5.75 Å². The highest BCUT2D eigenvalue weighted by atomic mass is 19.4. The molecule has 3 aromatic rings. The molecule has 0 saturated heterocycles. The molecule has 0 fully saturated rings. The van der Waals surface area contributed by atoms with Crippen molar-refractivity contribution in [3.63, 3.8) is 0 Å². The van der Waals surface area contributed by atoms with Crippen molar-refractivity contribution in [2.75, 3.05) is 32.1 Å². The summed E-state index contributed by atoms with van der Waals surface area (Å²) < 4.78 is 41.9. The lowest BCUT2D eigenvalue weighted by atomic mass is 10.0. The van der Waals surface area contributed by atoms with Crippen LogP contribution in [0.15, 0.2) is 36.4 Å². The summed E-state index contributed by atoms with van der Waals surface area (Å²) >= 11 is 0.